The molecule has 231 valence electrons. The van der Waals surface area contributed by atoms with Crippen LogP contribution in [0.5, 0.6) is 0 Å². The van der Waals surface area contributed by atoms with Crippen LogP contribution in [-0.4, -0.2) is 20.9 Å². The van der Waals surface area contributed by atoms with Crippen molar-refractivity contribution in [2.45, 2.75) is 108 Å². The smallest absolute Gasteiger partial charge is 0.164 e. The summed E-state index contributed by atoms with van der Waals surface area (Å²) in [6.45, 7) is 28.7. The van der Waals surface area contributed by atoms with Gasteiger partial charge in [0.25, 0.3) is 0 Å². The Balaban J connectivity index is 0.000000537. The van der Waals surface area contributed by atoms with Crippen molar-refractivity contribution in [2.24, 2.45) is 10.8 Å². The van der Waals surface area contributed by atoms with Crippen molar-refractivity contribution >= 4 is 5.78 Å². The molecule has 0 aliphatic carbocycles. The number of rotatable bonds is 3. The van der Waals surface area contributed by atoms with Gasteiger partial charge in [-0.2, -0.15) is 0 Å². The first kappa shape index (κ1) is 37.4. The molecule has 5 heteroatoms. The van der Waals surface area contributed by atoms with E-state index in [1.165, 1.54) is 22.8 Å². The van der Waals surface area contributed by atoms with Crippen molar-refractivity contribution in [2.75, 3.05) is 0 Å². The maximum Gasteiger partial charge on any atom is 0.164 e. The number of allylic oxidation sites excluding steroid dienone is 2. The molecule has 0 fully saturated rings. The number of aliphatic hydroxyl groups is 1. The van der Waals surface area contributed by atoms with E-state index in [1.807, 2.05) is 53.9 Å². The van der Waals surface area contributed by atoms with Crippen LogP contribution in [0.3, 0.4) is 0 Å². The maximum absolute atomic E-state index is 11.5. The van der Waals surface area contributed by atoms with Crippen LogP contribution in [0.1, 0.15) is 105 Å². The summed E-state index contributed by atoms with van der Waals surface area (Å²) in [7, 11) is 0. The van der Waals surface area contributed by atoms with E-state index in [1.54, 1.807) is 0 Å². The molecule has 0 spiro atoms. The molecule has 0 amide bonds. The van der Waals surface area contributed by atoms with Crippen LogP contribution in [0.4, 0.5) is 0 Å². The number of nitrogens with zero attached hydrogens (tertiary/aromatic N) is 2. The predicted octanol–water partition coefficient (Wildman–Crippen LogP) is 9.91. The summed E-state index contributed by atoms with van der Waals surface area (Å²) >= 11 is 0. The summed E-state index contributed by atoms with van der Waals surface area (Å²) in [6, 6.07) is 14.4. The van der Waals surface area contributed by atoms with Gasteiger partial charge in [0.1, 0.15) is 5.76 Å². The average Bonchev–Trinajstić information content (AvgIpc) is 2.83. The Hall–Kier alpha value is -2.62. The average molecular weight is 748 g/mol. The van der Waals surface area contributed by atoms with Gasteiger partial charge in [0, 0.05) is 55.1 Å². The SMILES string of the molecule is CC(C)(C)C(=O)/C=C(\O)C(C)(C)C.Cc1[c-]c(-c2cc(C(C)(C)C)ccn2)c(C)cc1-c1cc(C(C)(C)C)ccn1.[Ir]. The van der Waals surface area contributed by atoms with E-state index in [0.29, 0.717) is 0 Å². The summed E-state index contributed by atoms with van der Waals surface area (Å²) in [5.41, 5.74) is 8.47. The van der Waals surface area contributed by atoms with Crippen LogP contribution in [0.25, 0.3) is 22.5 Å². The van der Waals surface area contributed by atoms with Crippen molar-refractivity contribution in [1.82, 2.24) is 9.97 Å². The van der Waals surface area contributed by atoms with Gasteiger partial charge in [0.05, 0.1) is 0 Å². The van der Waals surface area contributed by atoms with Crippen molar-refractivity contribution in [3.05, 3.63) is 82.9 Å². The van der Waals surface area contributed by atoms with Crippen LogP contribution in [0, 0.1) is 30.7 Å². The minimum atomic E-state index is -0.417. The summed E-state index contributed by atoms with van der Waals surface area (Å²) in [5, 5.41) is 9.56. The molecule has 42 heavy (non-hydrogen) atoms. The Kier molecular flexibility index (Phi) is 12.3. The maximum atomic E-state index is 11.5. The Morgan fingerprint density at radius 1 is 0.738 bits per heavy atom. The van der Waals surface area contributed by atoms with Crippen LogP contribution >= 0.6 is 0 Å². The van der Waals surface area contributed by atoms with Gasteiger partial charge in [0.15, 0.2) is 5.78 Å². The fourth-order valence-electron chi connectivity index (χ4n) is 3.92. The molecule has 0 aliphatic heterocycles. The fourth-order valence-corrected chi connectivity index (χ4v) is 3.92. The third-order valence-corrected chi connectivity index (χ3v) is 7.03. The molecule has 0 bridgehead atoms. The van der Waals surface area contributed by atoms with Crippen molar-refractivity contribution in [3.8, 4) is 22.5 Å². The number of benzene rings is 1. The van der Waals surface area contributed by atoms with Crippen LogP contribution in [-0.2, 0) is 35.7 Å². The van der Waals surface area contributed by atoms with Crippen molar-refractivity contribution < 1.29 is 30.0 Å². The summed E-state index contributed by atoms with van der Waals surface area (Å²) < 4.78 is 0. The normalized spacial score (nSPS) is 12.7. The Labute approximate surface area is 268 Å². The van der Waals surface area contributed by atoms with Gasteiger partial charge in [-0.3, -0.25) is 9.78 Å². The molecule has 1 aromatic carbocycles. The first-order valence-corrected chi connectivity index (χ1v) is 14.4. The molecule has 0 aliphatic rings. The van der Waals surface area contributed by atoms with Gasteiger partial charge in [-0.05, 0) is 45.8 Å². The van der Waals surface area contributed by atoms with Gasteiger partial charge in [0.2, 0.25) is 0 Å². The van der Waals surface area contributed by atoms with Crippen LogP contribution in [0.2, 0.25) is 0 Å². The van der Waals surface area contributed by atoms with E-state index in [-0.39, 0.29) is 47.9 Å². The molecule has 4 nitrogen and oxygen atoms in total. The minimum absolute atomic E-state index is 0. The number of carbonyl (C=O) groups excluding carboxylic acids is 1. The van der Waals surface area contributed by atoms with Crippen LogP contribution in [0.15, 0.2) is 54.6 Å². The molecule has 1 N–H and O–H groups in total. The molecule has 0 unspecified atom stereocenters. The molecular weight excluding hydrogens is 697 g/mol. The molecule has 3 rings (SSSR count). The van der Waals surface area contributed by atoms with E-state index in [2.05, 4.69) is 102 Å². The fraction of sp³-hybridized carbons (Fsp3) is 0.486. The van der Waals surface area contributed by atoms with Crippen molar-refractivity contribution in [1.29, 1.82) is 0 Å². The molecule has 1 radical (unpaired) electrons. The van der Waals surface area contributed by atoms with E-state index in [9.17, 15) is 9.90 Å². The van der Waals surface area contributed by atoms with Gasteiger partial charge in [-0.25, -0.2) is 0 Å². The molecule has 3 aromatic rings. The third-order valence-electron chi connectivity index (χ3n) is 7.03. The van der Waals surface area contributed by atoms with E-state index >= 15 is 0 Å². The Bertz CT molecular complexity index is 1330. The number of aromatic nitrogens is 2. The minimum Gasteiger partial charge on any atom is -0.512 e. The first-order chi connectivity index (χ1) is 18.5. The number of aryl methyl sites for hydroxylation is 2. The predicted molar refractivity (Wildman–Crippen MR) is 173 cm³/mol. The quantitative estimate of drug-likeness (QED) is 0.165. The first-order valence-electron chi connectivity index (χ1n) is 14.4. The van der Waals surface area contributed by atoms with Crippen LogP contribution < -0.4 is 0 Å². The van der Waals surface area contributed by atoms with Crippen molar-refractivity contribution in [3.63, 3.8) is 0 Å². The topological polar surface area (TPSA) is 63.1 Å². The second-order valence-electron chi connectivity index (χ2n) is 15.1. The zero-order chi connectivity index (χ0) is 31.6. The second-order valence-corrected chi connectivity index (χ2v) is 15.1. The standard InChI is InChI=1S/C26H31N2.C11H20O2.Ir/c1-17-13-22(24-16-20(10-12-28-24)26(6,7)8)18(2)14-21(17)23-15-19(9-11-27-23)25(3,4)5;1-10(2,3)8(12)7-9(13)11(4,5)6;/h9-13,15-16H,1-8H3;7,12H,1-6H3;/q-1;;/b;8-7-;. The number of ketones is 1. The molecule has 0 saturated carbocycles. The zero-order valence-electron chi connectivity index (χ0n) is 28.2. The Morgan fingerprint density at radius 2 is 1.19 bits per heavy atom. The number of aliphatic hydroxyl groups excluding tert-OH is 1. The van der Waals surface area contributed by atoms with E-state index in [4.69, 9.17) is 0 Å². The van der Waals surface area contributed by atoms with E-state index < -0.39 is 5.41 Å². The molecule has 0 atom stereocenters. The number of carbonyl (C=O) groups is 1. The Morgan fingerprint density at radius 3 is 1.62 bits per heavy atom. The van der Waals surface area contributed by atoms with Gasteiger partial charge >= 0.3 is 0 Å². The monoisotopic (exact) mass is 748 g/mol. The molecule has 2 aromatic heterocycles. The number of hydrogen-bond donors (Lipinski definition) is 1. The summed E-state index contributed by atoms with van der Waals surface area (Å²) in [5.74, 6) is 0.104. The van der Waals surface area contributed by atoms with Gasteiger partial charge in [-0.1, -0.05) is 109 Å². The largest absolute Gasteiger partial charge is 0.512 e. The number of pyridine rings is 2. The zero-order valence-corrected chi connectivity index (χ0v) is 30.6. The third kappa shape index (κ3) is 10.3. The molecule has 0 saturated heterocycles. The van der Waals surface area contributed by atoms with Gasteiger partial charge < -0.3 is 10.1 Å². The summed E-state index contributed by atoms with van der Waals surface area (Å²) in [6.07, 6.45) is 5.15. The summed E-state index contributed by atoms with van der Waals surface area (Å²) in [4.78, 5) is 20.8. The number of hydrogen-bond acceptors (Lipinski definition) is 4. The second kappa shape index (κ2) is 13.8. The molecule has 2 heterocycles. The van der Waals surface area contributed by atoms with Gasteiger partial charge in [-0.15, -0.1) is 28.8 Å². The van der Waals surface area contributed by atoms with E-state index in [0.717, 1.165) is 28.1 Å². The molecular formula is C37H51IrN2O2-.